The first-order chi connectivity index (χ1) is 12.1. The molecule has 0 saturated carbocycles. The van der Waals surface area contributed by atoms with Crippen molar-refractivity contribution < 1.29 is 14.3 Å². The van der Waals surface area contributed by atoms with Gasteiger partial charge in [0.25, 0.3) is 0 Å². The Labute approximate surface area is 160 Å². The van der Waals surface area contributed by atoms with Crippen LogP contribution in [0.5, 0.6) is 5.75 Å². The number of hydrogen-bond acceptors (Lipinski definition) is 6. The maximum Gasteiger partial charge on any atom is 0.316 e. The number of rotatable bonds is 10. The van der Waals surface area contributed by atoms with Crippen molar-refractivity contribution in [1.29, 1.82) is 0 Å². The molecule has 0 aliphatic rings. The first-order valence-corrected chi connectivity index (χ1v) is 10.1. The van der Waals surface area contributed by atoms with E-state index in [-0.39, 0.29) is 11.7 Å². The van der Waals surface area contributed by atoms with Gasteiger partial charge in [-0.2, -0.15) is 0 Å². The molecule has 136 valence electrons. The van der Waals surface area contributed by atoms with Gasteiger partial charge in [-0.3, -0.25) is 9.89 Å². The van der Waals surface area contributed by atoms with E-state index in [0.717, 1.165) is 35.0 Å². The number of esters is 1. The highest BCUT2D eigenvalue weighted by molar-refractivity contribution is 9.10. The number of halogens is 1. The monoisotopic (exact) mass is 427 g/mol. The SMILES string of the molecule is CCCCCOc1ccc(Br)cc1-c1nc(SCC(=O)OCC)n[nH]1. The Balaban J connectivity index is 2.07. The lowest BCUT2D eigenvalue weighted by atomic mass is 10.2. The molecule has 1 heterocycles. The van der Waals surface area contributed by atoms with Crippen molar-refractivity contribution in [2.45, 2.75) is 38.3 Å². The van der Waals surface area contributed by atoms with E-state index in [1.807, 2.05) is 18.2 Å². The number of carbonyl (C=O) groups excluding carboxylic acids is 1. The van der Waals surface area contributed by atoms with Gasteiger partial charge in [0.1, 0.15) is 5.75 Å². The number of aromatic amines is 1. The van der Waals surface area contributed by atoms with E-state index in [0.29, 0.717) is 24.2 Å². The van der Waals surface area contributed by atoms with Crippen molar-refractivity contribution in [3.63, 3.8) is 0 Å². The number of unbranched alkanes of at least 4 members (excludes halogenated alkanes) is 2. The van der Waals surface area contributed by atoms with Crippen molar-refractivity contribution in [3.8, 4) is 17.1 Å². The van der Waals surface area contributed by atoms with Gasteiger partial charge in [0.2, 0.25) is 5.16 Å². The van der Waals surface area contributed by atoms with E-state index < -0.39 is 0 Å². The van der Waals surface area contributed by atoms with Crippen LogP contribution in [0.1, 0.15) is 33.1 Å². The van der Waals surface area contributed by atoms with Crippen molar-refractivity contribution in [1.82, 2.24) is 15.2 Å². The minimum absolute atomic E-state index is 0.185. The van der Waals surface area contributed by atoms with E-state index in [1.54, 1.807) is 6.92 Å². The highest BCUT2D eigenvalue weighted by Gasteiger charge is 2.14. The first kappa shape index (κ1) is 19.8. The molecular formula is C17H22BrN3O3S. The Bertz CT molecular complexity index is 694. The zero-order valence-corrected chi connectivity index (χ0v) is 16.8. The third-order valence-electron chi connectivity index (χ3n) is 3.29. The molecule has 0 atom stereocenters. The number of aromatic nitrogens is 3. The molecule has 0 spiro atoms. The summed E-state index contributed by atoms with van der Waals surface area (Å²) in [4.78, 5) is 15.9. The molecule has 1 aromatic heterocycles. The van der Waals surface area contributed by atoms with Gasteiger partial charge < -0.3 is 9.47 Å². The second-order valence-electron chi connectivity index (χ2n) is 5.26. The summed E-state index contributed by atoms with van der Waals surface area (Å²) in [6, 6.07) is 5.79. The third kappa shape index (κ3) is 6.36. The number of carbonyl (C=O) groups is 1. The van der Waals surface area contributed by atoms with Gasteiger partial charge in [-0.05, 0) is 31.5 Å². The number of H-pyrrole nitrogens is 1. The minimum Gasteiger partial charge on any atom is -0.493 e. The molecule has 0 bridgehead atoms. The standard InChI is InChI=1S/C17H22BrN3O3S/c1-3-5-6-9-24-14-8-7-12(18)10-13(14)16-19-17(21-20-16)25-11-15(22)23-4-2/h7-8,10H,3-6,9,11H2,1-2H3,(H,19,20,21). The summed E-state index contributed by atoms with van der Waals surface area (Å²) in [5, 5.41) is 7.57. The van der Waals surface area contributed by atoms with Crippen LogP contribution in [-0.4, -0.2) is 40.1 Å². The molecule has 8 heteroatoms. The Morgan fingerprint density at radius 2 is 2.16 bits per heavy atom. The highest BCUT2D eigenvalue weighted by Crippen LogP contribution is 2.31. The van der Waals surface area contributed by atoms with Crippen LogP contribution < -0.4 is 4.74 Å². The van der Waals surface area contributed by atoms with Crippen molar-refractivity contribution in [3.05, 3.63) is 22.7 Å². The molecule has 0 radical (unpaired) electrons. The molecule has 0 unspecified atom stereocenters. The fraction of sp³-hybridized carbons (Fsp3) is 0.471. The quantitative estimate of drug-likeness (QED) is 0.342. The van der Waals surface area contributed by atoms with Gasteiger partial charge in [0.15, 0.2) is 5.82 Å². The maximum atomic E-state index is 11.4. The van der Waals surface area contributed by atoms with E-state index in [1.165, 1.54) is 11.8 Å². The molecule has 6 nitrogen and oxygen atoms in total. The van der Waals surface area contributed by atoms with E-state index in [2.05, 4.69) is 38.0 Å². The van der Waals surface area contributed by atoms with Gasteiger partial charge in [-0.25, -0.2) is 4.98 Å². The molecule has 0 fully saturated rings. The summed E-state index contributed by atoms with van der Waals surface area (Å²) in [6.45, 7) is 4.98. The predicted molar refractivity (Wildman–Crippen MR) is 102 cm³/mol. The zero-order valence-electron chi connectivity index (χ0n) is 14.4. The lowest BCUT2D eigenvalue weighted by Crippen LogP contribution is -2.06. The number of thioether (sulfide) groups is 1. The van der Waals surface area contributed by atoms with Crippen LogP contribution in [0.15, 0.2) is 27.8 Å². The smallest absolute Gasteiger partial charge is 0.316 e. The summed E-state index contributed by atoms with van der Waals surface area (Å²) < 4.78 is 11.7. The molecule has 2 aromatic rings. The molecule has 1 aromatic carbocycles. The van der Waals surface area contributed by atoms with Crippen LogP contribution in [0, 0.1) is 0 Å². The van der Waals surface area contributed by atoms with Crippen LogP contribution in [-0.2, 0) is 9.53 Å². The summed E-state index contributed by atoms with van der Waals surface area (Å²) in [5.74, 6) is 1.28. The fourth-order valence-corrected chi connectivity index (χ4v) is 3.06. The lowest BCUT2D eigenvalue weighted by molar-refractivity contribution is -0.139. The molecule has 0 aliphatic heterocycles. The largest absolute Gasteiger partial charge is 0.493 e. The van der Waals surface area contributed by atoms with Gasteiger partial charge in [-0.1, -0.05) is 47.5 Å². The van der Waals surface area contributed by atoms with Crippen LogP contribution in [0.3, 0.4) is 0 Å². The molecule has 2 rings (SSSR count). The molecule has 0 saturated heterocycles. The maximum absolute atomic E-state index is 11.4. The number of hydrogen-bond donors (Lipinski definition) is 1. The average Bonchev–Trinajstić information content (AvgIpc) is 3.07. The second-order valence-corrected chi connectivity index (χ2v) is 7.11. The minimum atomic E-state index is -0.277. The highest BCUT2D eigenvalue weighted by atomic mass is 79.9. The summed E-state index contributed by atoms with van der Waals surface area (Å²) >= 11 is 4.71. The Kier molecular flexibility index (Phi) is 8.27. The number of nitrogens with zero attached hydrogens (tertiary/aromatic N) is 2. The van der Waals surface area contributed by atoms with Crippen LogP contribution >= 0.6 is 27.7 Å². The molecule has 0 amide bonds. The average molecular weight is 428 g/mol. The van der Waals surface area contributed by atoms with Crippen molar-refractivity contribution in [2.75, 3.05) is 19.0 Å². The summed E-state index contributed by atoms with van der Waals surface area (Å²) in [6.07, 6.45) is 3.31. The van der Waals surface area contributed by atoms with E-state index in [9.17, 15) is 4.79 Å². The van der Waals surface area contributed by atoms with E-state index in [4.69, 9.17) is 9.47 Å². The lowest BCUT2D eigenvalue weighted by Gasteiger charge is -2.10. The Morgan fingerprint density at radius 1 is 1.32 bits per heavy atom. The number of ether oxygens (including phenoxy) is 2. The van der Waals surface area contributed by atoms with Crippen LogP contribution in [0.25, 0.3) is 11.4 Å². The molecule has 25 heavy (non-hydrogen) atoms. The summed E-state index contributed by atoms with van der Waals surface area (Å²) in [7, 11) is 0. The predicted octanol–water partition coefficient (Wildman–Crippen LogP) is 4.46. The third-order valence-corrected chi connectivity index (χ3v) is 4.61. The summed E-state index contributed by atoms with van der Waals surface area (Å²) in [5.41, 5.74) is 0.835. The van der Waals surface area contributed by atoms with Crippen molar-refractivity contribution >= 4 is 33.7 Å². The van der Waals surface area contributed by atoms with Gasteiger partial charge >= 0.3 is 5.97 Å². The fourth-order valence-electron chi connectivity index (χ4n) is 2.10. The van der Waals surface area contributed by atoms with E-state index >= 15 is 0 Å². The first-order valence-electron chi connectivity index (χ1n) is 8.27. The normalized spacial score (nSPS) is 10.7. The number of nitrogens with one attached hydrogen (secondary N) is 1. The van der Waals surface area contributed by atoms with Crippen LogP contribution in [0.2, 0.25) is 0 Å². The van der Waals surface area contributed by atoms with Crippen molar-refractivity contribution in [2.24, 2.45) is 0 Å². The van der Waals surface area contributed by atoms with Crippen LogP contribution in [0.4, 0.5) is 0 Å². The number of benzene rings is 1. The topological polar surface area (TPSA) is 77.1 Å². The van der Waals surface area contributed by atoms with Gasteiger partial charge in [0, 0.05) is 4.47 Å². The second kappa shape index (κ2) is 10.5. The van der Waals surface area contributed by atoms with Gasteiger partial charge in [0.05, 0.1) is 24.5 Å². The molecular weight excluding hydrogens is 406 g/mol. The molecule has 0 aliphatic carbocycles. The van der Waals surface area contributed by atoms with Gasteiger partial charge in [-0.15, -0.1) is 5.10 Å². The molecule has 1 N–H and O–H groups in total. The zero-order chi connectivity index (χ0) is 18.1. The Hall–Kier alpha value is -1.54. The Morgan fingerprint density at radius 3 is 2.92 bits per heavy atom.